The lowest BCUT2D eigenvalue weighted by Gasteiger charge is -2.07. The largest absolute Gasteiger partial charge is 0.496 e. The molecular formula is C16H21IN2O2. The number of aromatic nitrogens is 1. The van der Waals surface area contributed by atoms with E-state index in [1.165, 1.54) is 16.6 Å². The number of aryl methyl sites for hydroxylation is 1. The lowest BCUT2D eigenvalue weighted by molar-refractivity contribution is -0.120. The molecule has 1 amide bonds. The molecule has 114 valence electrons. The van der Waals surface area contributed by atoms with Gasteiger partial charge in [0.2, 0.25) is 5.91 Å². The Labute approximate surface area is 138 Å². The Hall–Kier alpha value is -1.24. The molecule has 0 saturated heterocycles. The van der Waals surface area contributed by atoms with Crippen LogP contribution in [0.15, 0.2) is 12.1 Å². The molecule has 0 fully saturated rings. The average molecular weight is 400 g/mol. The Balaban J connectivity index is 2.33. The maximum atomic E-state index is 11.4. The van der Waals surface area contributed by atoms with Crippen molar-refractivity contribution >= 4 is 39.4 Å². The van der Waals surface area contributed by atoms with Crippen LogP contribution in [0.5, 0.6) is 5.75 Å². The maximum absolute atomic E-state index is 11.4. The van der Waals surface area contributed by atoms with Gasteiger partial charge in [0.15, 0.2) is 0 Å². The van der Waals surface area contributed by atoms with Crippen molar-refractivity contribution in [3.05, 3.63) is 27.0 Å². The van der Waals surface area contributed by atoms with Crippen molar-refractivity contribution in [1.82, 2.24) is 10.3 Å². The number of halogens is 1. The number of carbonyl (C=O) groups excluding carboxylic acids is 1. The summed E-state index contributed by atoms with van der Waals surface area (Å²) in [5, 5.41) is 4.13. The quantitative estimate of drug-likeness (QED) is 0.731. The van der Waals surface area contributed by atoms with Crippen LogP contribution < -0.4 is 10.1 Å². The zero-order valence-corrected chi connectivity index (χ0v) is 14.8. The summed E-state index contributed by atoms with van der Waals surface area (Å²) in [6.45, 7) is 4.67. The molecule has 0 aliphatic rings. The third-order valence-corrected chi connectivity index (χ3v) is 4.48. The Bertz CT molecular complexity index is 649. The first-order chi connectivity index (χ1) is 10.1. The second-order valence-corrected chi connectivity index (χ2v) is 6.08. The topological polar surface area (TPSA) is 54.1 Å². The highest BCUT2D eigenvalue weighted by molar-refractivity contribution is 14.1. The summed E-state index contributed by atoms with van der Waals surface area (Å²) < 4.78 is 6.51. The molecule has 0 bridgehead atoms. The van der Waals surface area contributed by atoms with Crippen molar-refractivity contribution in [2.45, 2.75) is 33.1 Å². The van der Waals surface area contributed by atoms with Crippen LogP contribution in [0.25, 0.3) is 10.9 Å². The molecule has 2 rings (SSSR count). The first kappa shape index (κ1) is 16.1. The van der Waals surface area contributed by atoms with Gasteiger partial charge in [-0.15, -0.1) is 0 Å². The Kier molecular flexibility index (Phi) is 5.50. The summed E-state index contributed by atoms with van der Waals surface area (Å²) in [5.41, 5.74) is 3.65. The van der Waals surface area contributed by atoms with Crippen LogP contribution in [0.4, 0.5) is 0 Å². The molecule has 1 aromatic heterocycles. The van der Waals surface area contributed by atoms with Crippen LogP contribution in [0.2, 0.25) is 0 Å². The smallest absolute Gasteiger partial charge is 0.219 e. The summed E-state index contributed by atoms with van der Waals surface area (Å²) in [4.78, 5) is 14.8. The Morgan fingerprint density at radius 2 is 2.14 bits per heavy atom. The van der Waals surface area contributed by atoms with Gasteiger partial charge in [0.05, 0.1) is 10.7 Å². The van der Waals surface area contributed by atoms with Crippen LogP contribution in [0, 0.1) is 3.57 Å². The predicted molar refractivity (Wildman–Crippen MR) is 94.0 cm³/mol. The zero-order chi connectivity index (χ0) is 15.4. The molecule has 5 heteroatoms. The van der Waals surface area contributed by atoms with E-state index in [0.717, 1.165) is 27.7 Å². The molecule has 1 heterocycles. The van der Waals surface area contributed by atoms with Gasteiger partial charge in [-0.2, -0.15) is 0 Å². The highest BCUT2D eigenvalue weighted by Gasteiger charge is 2.13. The third-order valence-electron chi connectivity index (χ3n) is 3.64. The van der Waals surface area contributed by atoms with Gasteiger partial charge >= 0.3 is 0 Å². The molecule has 1 aromatic carbocycles. The number of hydrogen-bond donors (Lipinski definition) is 2. The minimum absolute atomic E-state index is 0.0972. The van der Waals surface area contributed by atoms with Gasteiger partial charge in [-0.1, -0.05) is 13.8 Å². The number of nitrogens with one attached hydrogen (secondary N) is 2. The van der Waals surface area contributed by atoms with Crippen LogP contribution in [0.1, 0.15) is 31.5 Å². The number of rotatable bonds is 6. The molecule has 4 nitrogen and oxygen atoms in total. The molecule has 0 aliphatic heterocycles. The van der Waals surface area contributed by atoms with E-state index in [2.05, 4.69) is 51.9 Å². The summed E-state index contributed by atoms with van der Waals surface area (Å²) in [5.74, 6) is 0.989. The number of benzene rings is 1. The van der Waals surface area contributed by atoms with Crippen molar-refractivity contribution < 1.29 is 9.53 Å². The number of fused-ring (bicyclic) bond motifs is 1. The maximum Gasteiger partial charge on any atom is 0.219 e. The Morgan fingerprint density at radius 1 is 1.38 bits per heavy atom. The summed E-state index contributed by atoms with van der Waals surface area (Å²) >= 11 is 2.28. The number of hydrogen-bond acceptors (Lipinski definition) is 2. The van der Waals surface area contributed by atoms with Crippen molar-refractivity contribution in [1.29, 1.82) is 0 Å². The van der Waals surface area contributed by atoms with Gasteiger partial charge in [0.25, 0.3) is 0 Å². The minimum Gasteiger partial charge on any atom is -0.496 e. The molecule has 0 saturated carbocycles. The number of H-pyrrole nitrogens is 1. The average Bonchev–Trinajstić information content (AvgIpc) is 2.83. The lowest BCUT2D eigenvalue weighted by Crippen LogP contribution is -2.24. The number of ether oxygens (including phenoxy) is 1. The van der Waals surface area contributed by atoms with Crippen LogP contribution in [-0.4, -0.2) is 24.5 Å². The van der Waals surface area contributed by atoms with E-state index in [4.69, 9.17) is 4.74 Å². The van der Waals surface area contributed by atoms with Crippen LogP contribution in [-0.2, 0) is 17.6 Å². The van der Waals surface area contributed by atoms with E-state index in [0.29, 0.717) is 13.0 Å². The fraction of sp³-hybridized carbons (Fsp3) is 0.438. The molecule has 0 aliphatic carbocycles. The van der Waals surface area contributed by atoms with E-state index in [1.54, 1.807) is 7.11 Å². The van der Waals surface area contributed by atoms with Gasteiger partial charge in [-0.05, 0) is 53.1 Å². The fourth-order valence-corrected chi connectivity index (χ4v) is 3.19. The molecular weight excluding hydrogens is 379 g/mol. The van der Waals surface area contributed by atoms with Crippen LogP contribution >= 0.6 is 22.6 Å². The summed E-state index contributed by atoms with van der Waals surface area (Å²) in [6, 6.07) is 4.20. The van der Waals surface area contributed by atoms with Gasteiger partial charge in [-0.3, -0.25) is 4.79 Å². The van der Waals surface area contributed by atoms with E-state index in [1.807, 2.05) is 6.92 Å². The van der Waals surface area contributed by atoms with Gasteiger partial charge in [0.1, 0.15) is 5.75 Å². The van der Waals surface area contributed by atoms with Gasteiger partial charge < -0.3 is 15.0 Å². The monoisotopic (exact) mass is 400 g/mol. The second-order valence-electron chi connectivity index (χ2n) is 4.92. The molecule has 0 atom stereocenters. The number of methoxy groups -OCH3 is 1. The van der Waals surface area contributed by atoms with E-state index >= 15 is 0 Å². The minimum atomic E-state index is 0.0972. The van der Waals surface area contributed by atoms with Crippen molar-refractivity contribution in [3.8, 4) is 5.75 Å². The first-order valence-electron chi connectivity index (χ1n) is 7.24. The van der Waals surface area contributed by atoms with E-state index < -0.39 is 0 Å². The molecule has 2 aromatic rings. The molecule has 2 N–H and O–H groups in total. The predicted octanol–water partition coefficient (Wildman–Crippen LogP) is 3.41. The fourth-order valence-electron chi connectivity index (χ4n) is 2.50. The molecule has 21 heavy (non-hydrogen) atoms. The van der Waals surface area contributed by atoms with Crippen LogP contribution in [0.3, 0.4) is 0 Å². The van der Waals surface area contributed by atoms with Gasteiger partial charge in [0, 0.05) is 29.6 Å². The number of aromatic amines is 1. The van der Waals surface area contributed by atoms with Crippen molar-refractivity contribution in [3.63, 3.8) is 0 Å². The highest BCUT2D eigenvalue weighted by Crippen LogP contribution is 2.31. The van der Waals surface area contributed by atoms with E-state index in [9.17, 15) is 4.79 Å². The summed E-state index contributed by atoms with van der Waals surface area (Å²) in [6.07, 6.45) is 2.31. The van der Waals surface area contributed by atoms with Crippen molar-refractivity contribution in [2.75, 3.05) is 13.7 Å². The van der Waals surface area contributed by atoms with E-state index in [-0.39, 0.29) is 5.91 Å². The first-order valence-corrected chi connectivity index (χ1v) is 8.32. The number of amides is 1. The number of carbonyl (C=O) groups is 1. The standard InChI is InChI=1S/C16H21IN2O2/c1-4-13-10(6-7-18-16(20)5-2)11-8-15(21-3)12(17)9-14(11)19-13/h8-9,19H,4-7H2,1-3H3,(H,18,20). The SMILES string of the molecule is CCC(=O)NCCc1c(CC)[nH]c2cc(I)c(OC)cc12. The molecule has 0 spiro atoms. The summed E-state index contributed by atoms with van der Waals surface area (Å²) in [7, 11) is 1.69. The second kappa shape index (κ2) is 7.15. The highest BCUT2D eigenvalue weighted by atomic mass is 127. The zero-order valence-electron chi connectivity index (χ0n) is 12.7. The third kappa shape index (κ3) is 3.51. The molecule has 0 radical (unpaired) electrons. The van der Waals surface area contributed by atoms with Gasteiger partial charge in [-0.25, -0.2) is 0 Å². The lowest BCUT2D eigenvalue weighted by atomic mass is 10.1. The molecule has 0 unspecified atom stereocenters. The Morgan fingerprint density at radius 3 is 2.76 bits per heavy atom. The van der Waals surface area contributed by atoms with Crippen molar-refractivity contribution in [2.24, 2.45) is 0 Å². The normalized spacial score (nSPS) is 10.9.